The molecule has 3 heteroatoms. The predicted molar refractivity (Wildman–Crippen MR) is 53.2 cm³/mol. The average Bonchev–Trinajstić information content (AvgIpc) is 2.12. The monoisotopic (exact) mass is 350 g/mol. The second-order valence-corrected chi connectivity index (χ2v) is 2.86. The van der Waals surface area contributed by atoms with Crippen LogP contribution in [-0.2, 0) is 0 Å². The molecule has 2 nitrogen and oxygen atoms in total. The molecule has 0 heterocycles. The van der Waals surface area contributed by atoms with E-state index in [1.165, 1.54) is 12.8 Å². The van der Waals surface area contributed by atoms with Gasteiger partial charge in [-0.3, -0.25) is 0 Å². The first kappa shape index (κ1) is 19.9. The number of hydrogen-bond acceptors (Lipinski definition) is 2. The van der Waals surface area contributed by atoms with E-state index in [9.17, 15) is 0 Å². The molecule has 0 rings (SSSR count). The number of aliphatic hydroxyl groups is 2. The first-order valence-electron chi connectivity index (χ1n) is 5.05. The van der Waals surface area contributed by atoms with Crippen LogP contribution in [0.5, 0.6) is 0 Å². The van der Waals surface area contributed by atoms with Crippen molar-refractivity contribution in [1.29, 1.82) is 0 Å². The average molecular weight is 349 g/mol. The van der Waals surface area contributed by atoms with E-state index in [0.29, 0.717) is 13.2 Å². The van der Waals surface area contributed by atoms with Gasteiger partial charge in [0.15, 0.2) is 0 Å². The summed E-state index contributed by atoms with van der Waals surface area (Å²) in [5.74, 6) is 0. The van der Waals surface area contributed by atoms with E-state index in [1.807, 2.05) is 0 Å². The summed E-state index contributed by atoms with van der Waals surface area (Å²) < 4.78 is 0. The Balaban J connectivity index is -0.000000143. The molecule has 0 atom stereocenters. The van der Waals surface area contributed by atoms with Gasteiger partial charge in [0.05, 0.1) is 0 Å². The van der Waals surface area contributed by atoms with E-state index in [2.05, 4.69) is 13.8 Å². The third-order valence-electron chi connectivity index (χ3n) is 1.52. The van der Waals surface area contributed by atoms with Crippen molar-refractivity contribution in [3.8, 4) is 0 Å². The van der Waals surface area contributed by atoms with Gasteiger partial charge in [0, 0.05) is 60.1 Å². The number of aliphatic hydroxyl groups excluding tert-OH is 2. The Kier molecular flexibility index (Phi) is 35.8. The smallest absolute Gasteiger partial charge is 0.0431 e. The summed E-state index contributed by atoms with van der Waals surface area (Å²) in [6.07, 6.45) is 6.65. The fraction of sp³-hybridized carbons (Fsp3) is 1.00. The summed E-state index contributed by atoms with van der Waals surface area (Å²) in [6.45, 7) is 4.95. The maximum absolute atomic E-state index is 8.20. The van der Waals surface area contributed by atoms with Crippen molar-refractivity contribution < 1.29 is 57.1 Å². The molecule has 0 spiro atoms. The molecule has 0 aromatic carbocycles. The first-order chi connectivity index (χ1) is 5.83. The van der Waals surface area contributed by atoms with E-state index in [4.69, 9.17) is 10.2 Å². The topological polar surface area (TPSA) is 40.5 Å². The molecule has 0 radical (unpaired) electrons. The van der Waals surface area contributed by atoms with Gasteiger partial charge in [0.2, 0.25) is 0 Å². The maximum atomic E-state index is 8.20. The molecule has 0 saturated carbocycles. The second kappa shape index (κ2) is 23.3. The molecule has 0 aliphatic rings. The largest absolute Gasteiger partial charge is 0.396 e. The minimum absolute atomic E-state index is 0. The van der Waals surface area contributed by atoms with E-state index in [1.54, 1.807) is 0 Å². The Bertz CT molecular complexity index is 44.9. The van der Waals surface area contributed by atoms with Crippen LogP contribution < -0.4 is 0 Å². The van der Waals surface area contributed by atoms with Gasteiger partial charge in [0.1, 0.15) is 0 Å². The van der Waals surface area contributed by atoms with Crippen molar-refractivity contribution in [2.45, 2.75) is 52.4 Å². The number of rotatable bonds is 6. The fourth-order valence-corrected chi connectivity index (χ4v) is 0.724. The van der Waals surface area contributed by atoms with Crippen LogP contribution in [0.3, 0.4) is 0 Å². The van der Waals surface area contributed by atoms with Crippen molar-refractivity contribution in [2.75, 3.05) is 13.2 Å². The van der Waals surface area contributed by atoms with Crippen LogP contribution in [0, 0.1) is 46.9 Å². The molecule has 0 saturated heterocycles. The summed E-state index contributed by atoms with van der Waals surface area (Å²) in [6, 6.07) is 0. The normalized spacial score (nSPS) is 8.31. The standard InChI is InChI=1S/2C5H12O.Yb/c2*1-2-3-4-5-6;/h2*6H,2-5H2,1H3;. The van der Waals surface area contributed by atoms with E-state index >= 15 is 0 Å². The molecule has 0 aromatic rings. The Morgan fingerprint density at radius 1 is 0.692 bits per heavy atom. The molecule has 0 fully saturated rings. The Hall–Kier alpha value is 1.44. The number of hydrogen-bond donors (Lipinski definition) is 2. The minimum Gasteiger partial charge on any atom is -0.396 e. The molecule has 2 N–H and O–H groups in total. The second-order valence-electron chi connectivity index (χ2n) is 2.86. The van der Waals surface area contributed by atoms with Crippen molar-refractivity contribution in [1.82, 2.24) is 0 Å². The van der Waals surface area contributed by atoms with Crippen molar-refractivity contribution in [2.24, 2.45) is 0 Å². The molecule has 13 heavy (non-hydrogen) atoms. The zero-order valence-electron chi connectivity index (χ0n) is 8.82. The van der Waals surface area contributed by atoms with Gasteiger partial charge in [-0.15, -0.1) is 0 Å². The molecule has 0 aromatic heterocycles. The Morgan fingerprint density at radius 2 is 1.00 bits per heavy atom. The Morgan fingerprint density at radius 3 is 1.08 bits per heavy atom. The zero-order valence-corrected chi connectivity index (χ0v) is 10.5. The molecule has 0 bridgehead atoms. The molecule has 0 unspecified atom stereocenters. The van der Waals surface area contributed by atoms with Gasteiger partial charge in [-0.25, -0.2) is 0 Å². The molecule has 0 aliphatic heterocycles. The first-order valence-corrected chi connectivity index (χ1v) is 5.05. The van der Waals surface area contributed by atoms with Crippen molar-refractivity contribution in [3.05, 3.63) is 0 Å². The molecular weight excluding hydrogens is 325 g/mol. The zero-order chi connectivity index (χ0) is 9.66. The van der Waals surface area contributed by atoms with Gasteiger partial charge in [-0.1, -0.05) is 39.5 Å². The third-order valence-corrected chi connectivity index (χ3v) is 1.52. The number of unbranched alkanes of at least 4 members (excludes halogenated alkanes) is 4. The van der Waals surface area contributed by atoms with Gasteiger partial charge in [-0.2, -0.15) is 0 Å². The minimum atomic E-state index is 0. The van der Waals surface area contributed by atoms with Crippen LogP contribution in [0.25, 0.3) is 0 Å². The summed E-state index contributed by atoms with van der Waals surface area (Å²) in [4.78, 5) is 0. The summed E-state index contributed by atoms with van der Waals surface area (Å²) in [5, 5.41) is 16.4. The van der Waals surface area contributed by atoms with Crippen LogP contribution in [0.4, 0.5) is 0 Å². The van der Waals surface area contributed by atoms with Gasteiger partial charge < -0.3 is 10.2 Å². The van der Waals surface area contributed by atoms with E-state index in [0.717, 1.165) is 25.7 Å². The van der Waals surface area contributed by atoms with Crippen LogP contribution in [0.15, 0.2) is 0 Å². The predicted octanol–water partition coefficient (Wildman–Crippen LogP) is 2.34. The van der Waals surface area contributed by atoms with E-state index in [-0.39, 0.29) is 46.9 Å². The SMILES string of the molecule is CCCCCO.CCCCCO.[Yb]. The fourth-order valence-electron chi connectivity index (χ4n) is 0.724. The van der Waals surface area contributed by atoms with Crippen molar-refractivity contribution in [3.63, 3.8) is 0 Å². The maximum Gasteiger partial charge on any atom is 0.0431 e. The van der Waals surface area contributed by atoms with Gasteiger partial charge in [-0.05, 0) is 12.8 Å². The molecule has 0 aliphatic carbocycles. The summed E-state index contributed by atoms with van der Waals surface area (Å²) >= 11 is 0. The summed E-state index contributed by atoms with van der Waals surface area (Å²) in [5.41, 5.74) is 0. The molecular formula is C10H24O2Yb. The quantitative estimate of drug-likeness (QED) is 0.723. The van der Waals surface area contributed by atoms with Crippen LogP contribution in [0.1, 0.15) is 52.4 Å². The van der Waals surface area contributed by atoms with Crippen LogP contribution in [0.2, 0.25) is 0 Å². The third kappa shape index (κ3) is 31.8. The van der Waals surface area contributed by atoms with Crippen LogP contribution in [-0.4, -0.2) is 23.4 Å². The molecule has 0 amide bonds. The Labute approximate surface area is 121 Å². The molecule has 90 valence electrons. The van der Waals surface area contributed by atoms with Gasteiger partial charge >= 0.3 is 0 Å². The summed E-state index contributed by atoms with van der Waals surface area (Å²) in [7, 11) is 0. The van der Waals surface area contributed by atoms with Crippen molar-refractivity contribution >= 4 is 0 Å². The van der Waals surface area contributed by atoms with Crippen LogP contribution >= 0.6 is 0 Å². The van der Waals surface area contributed by atoms with E-state index < -0.39 is 0 Å². The van der Waals surface area contributed by atoms with Gasteiger partial charge in [0.25, 0.3) is 0 Å².